The van der Waals surface area contributed by atoms with Gasteiger partial charge in [0.05, 0.1) is 0 Å². The van der Waals surface area contributed by atoms with E-state index in [2.05, 4.69) is 48.6 Å². The Morgan fingerprint density at radius 1 is 0.917 bits per heavy atom. The number of hydrogen-bond acceptors (Lipinski definition) is 2. The lowest BCUT2D eigenvalue weighted by molar-refractivity contribution is 0.342. The molecule has 2 heteroatoms. The van der Waals surface area contributed by atoms with E-state index >= 15 is 0 Å². The summed E-state index contributed by atoms with van der Waals surface area (Å²) in [5.41, 5.74) is 4.16. The Labute approximate surface area is 145 Å². The zero-order valence-electron chi connectivity index (χ0n) is 14.7. The van der Waals surface area contributed by atoms with Gasteiger partial charge in [-0.2, -0.15) is 0 Å². The molecule has 0 bridgehead atoms. The fourth-order valence-corrected chi connectivity index (χ4v) is 3.73. The maximum Gasteiger partial charge on any atom is 0.115 e. The number of aromatic hydroxyl groups is 1. The third-order valence-corrected chi connectivity index (χ3v) is 5.29. The van der Waals surface area contributed by atoms with Crippen molar-refractivity contribution in [3.8, 4) is 5.75 Å². The summed E-state index contributed by atoms with van der Waals surface area (Å²) in [4.78, 5) is 0. The summed E-state index contributed by atoms with van der Waals surface area (Å²) in [5.74, 6) is 1.03. The Morgan fingerprint density at radius 2 is 1.58 bits per heavy atom. The van der Waals surface area contributed by atoms with Crippen LogP contribution >= 0.6 is 0 Å². The first-order chi connectivity index (χ1) is 11.7. The highest BCUT2D eigenvalue weighted by atomic mass is 16.3. The Morgan fingerprint density at radius 3 is 2.25 bits per heavy atom. The molecular weight excluding hydrogens is 294 g/mol. The molecule has 0 atom stereocenters. The SMILES string of the molecule is Cc1ccc(CCCN[C@H]2CC[C@H](c3ccc(O)cc3)CC2)cc1. The van der Waals surface area contributed by atoms with Gasteiger partial charge in [0, 0.05) is 6.04 Å². The van der Waals surface area contributed by atoms with Crippen molar-refractivity contribution >= 4 is 0 Å². The standard InChI is InChI=1S/C22H29NO/c1-17-4-6-18(7-5-17)3-2-16-23-21-12-8-19(9-13-21)20-10-14-22(24)15-11-20/h4-7,10-11,14-15,19,21,23-24H,2-3,8-9,12-13,16H2,1H3/t19-,21-. The molecule has 0 spiro atoms. The van der Waals surface area contributed by atoms with Gasteiger partial charge in [0.25, 0.3) is 0 Å². The van der Waals surface area contributed by atoms with Gasteiger partial charge in [-0.25, -0.2) is 0 Å². The summed E-state index contributed by atoms with van der Waals surface area (Å²) in [6.45, 7) is 3.25. The Hall–Kier alpha value is -1.80. The lowest BCUT2D eigenvalue weighted by atomic mass is 9.81. The van der Waals surface area contributed by atoms with Gasteiger partial charge in [-0.15, -0.1) is 0 Å². The van der Waals surface area contributed by atoms with E-state index < -0.39 is 0 Å². The predicted molar refractivity (Wildman–Crippen MR) is 101 cm³/mol. The fraction of sp³-hybridized carbons (Fsp3) is 0.455. The molecule has 2 aromatic rings. The molecule has 128 valence electrons. The molecule has 24 heavy (non-hydrogen) atoms. The van der Waals surface area contributed by atoms with Crippen molar-refractivity contribution in [2.24, 2.45) is 0 Å². The van der Waals surface area contributed by atoms with Gasteiger partial charge in [-0.3, -0.25) is 0 Å². The lowest BCUT2D eigenvalue weighted by Gasteiger charge is -2.29. The van der Waals surface area contributed by atoms with E-state index in [0.717, 1.165) is 13.0 Å². The van der Waals surface area contributed by atoms with Crippen LogP contribution in [0.15, 0.2) is 48.5 Å². The number of aryl methyl sites for hydroxylation is 2. The first-order valence-corrected chi connectivity index (χ1v) is 9.28. The van der Waals surface area contributed by atoms with E-state index in [4.69, 9.17) is 0 Å². The van der Waals surface area contributed by atoms with Crippen LogP contribution in [0, 0.1) is 6.92 Å². The van der Waals surface area contributed by atoms with Gasteiger partial charge >= 0.3 is 0 Å². The van der Waals surface area contributed by atoms with Crippen LogP contribution in [0.2, 0.25) is 0 Å². The fourth-order valence-electron chi connectivity index (χ4n) is 3.73. The van der Waals surface area contributed by atoms with Gasteiger partial charge in [-0.1, -0.05) is 42.0 Å². The third kappa shape index (κ3) is 4.85. The number of rotatable bonds is 6. The molecule has 0 unspecified atom stereocenters. The molecule has 2 N–H and O–H groups in total. The van der Waals surface area contributed by atoms with Gasteiger partial charge in [0.1, 0.15) is 5.75 Å². The summed E-state index contributed by atoms with van der Waals surface area (Å²) in [5, 5.41) is 13.1. The molecule has 0 amide bonds. The minimum atomic E-state index is 0.364. The summed E-state index contributed by atoms with van der Waals surface area (Å²) in [6, 6.07) is 17.4. The second kappa shape index (κ2) is 8.34. The van der Waals surface area contributed by atoms with Crippen molar-refractivity contribution in [2.45, 2.75) is 57.4 Å². The van der Waals surface area contributed by atoms with E-state index in [1.54, 1.807) is 0 Å². The molecule has 1 aliphatic rings. The second-order valence-corrected chi connectivity index (χ2v) is 7.18. The van der Waals surface area contributed by atoms with Gasteiger partial charge < -0.3 is 10.4 Å². The highest BCUT2D eigenvalue weighted by Gasteiger charge is 2.21. The zero-order valence-corrected chi connectivity index (χ0v) is 14.7. The minimum absolute atomic E-state index is 0.364. The number of phenolic OH excluding ortho intramolecular Hbond substituents is 1. The second-order valence-electron chi connectivity index (χ2n) is 7.18. The molecule has 3 rings (SSSR count). The van der Waals surface area contributed by atoms with Gasteiger partial charge in [0.2, 0.25) is 0 Å². The van der Waals surface area contributed by atoms with E-state index in [0.29, 0.717) is 17.7 Å². The van der Waals surface area contributed by atoms with Gasteiger partial charge in [-0.05, 0) is 81.2 Å². The van der Waals surface area contributed by atoms with Crippen molar-refractivity contribution in [2.75, 3.05) is 6.54 Å². The molecular formula is C22H29NO. The van der Waals surface area contributed by atoms with E-state index in [9.17, 15) is 5.11 Å². The summed E-state index contributed by atoms with van der Waals surface area (Å²) in [7, 11) is 0. The molecule has 0 radical (unpaired) electrons. The number of nitrogens with one attached hydrogen (secondary N) is 1. The van der Waals surface area contributed by atoms with E-state index in [1.165, 1.54) is 48.8 Å². The van der Waals surface area contributed by atoms with Crippen molar-refractivity contribution in [1.29, 1.82) is 0 Å². The molecule has 2 nitrogen and oxygen atoms in total. The summed E-state index contributed by atoms with van der Waals surface area (Å²) >= 11 is 0. The quantitative estimate of drug-likeness (QED) is 0.737. The van der Waals surface area contributed by atoms with Gasteiger partial charge in [0.15, 0.2) is 0 Å². The minimum Gasteiger partial charge on any atom is -0.508 e. The average molecular weight is 323 g/mol. The van der Waals surface area contributed by atoms with Crippen LogP contribution in [0.4, 0.5) is 0 Å². The molecule has 0 heterocycles. The van der Waals surface area contributed by atoms with Crippen LogP contribution < -0.4 is 5.32 Å². The molecule has 0 aromatic heterocycles. The van der Waals surface area contributed by atoms with Crippen molar-refractivity contribution in [3.05, 3.63) is 65.2 Å². The summed E-state index contributed by atoms with van der Waals surface area (Å²) in [6.07, 6.45) is 7.39. The Bertz CT molecular complexity index is 609. The summed E-state index contributed by atoms with van der Waals surface area (Å²) < 4.78 is 0. The highest BCUT2D eigenvalue weighted by molar-refractivity contribution is 5.28. The van der Waals surface area contributed by atoms with Crippen LogP contribution in [0.25, 0.3) is 0 Å². The first kappa shape index (κ1) is 17.0. The Balaban J connectivity index is 1.35. The number of benzene rings is 2. The molecule has 0 saturated heterocycles. The molecule has 2 aromatic carbocycles. The highest BCUT2D eigenvalue weighted by Crippen LogP contribution is 2.33. The smallest absolute Gasteiger partial charge is 0.115 e. The largest absolute Gasteiger partial charge is 0.508 e. The predicted octanol–water partition coefficient (Wildman–Crippen LogP) is 4.95. The Kier molecular flexibility index (Phi) is 5.92. The monoisotopic (exact) mass is 323 g/mol. The molecule has 1 aliphatic carbocycles. The van der Waals surface area contributed by atoms with Crippen LogP contribution in [0.5, 0.6) is 5.75 Å². The van der Waals surface area contributed by atoms with Crippen molar-refractivity contribution in [3.63, 3.8) is 0 Å². The molecule has 1 saturated carbocycles. The average Bonchev–Trinajstić information content (AvgIpc) is 2.62. The normalized spacial score (nSPS) is 20.9. The van der Waals surface area contributed by atoms with Crippen LogP contribution in [-0.2, 0) is 6.42 Å². The van der Waals surface area contributed by atoms with Crippen molar-refractivity contribution in [1.82, 2.24) is 5.32 Å². The van der Waals surface area contributed by atoms with E-state index in [-0.39, 0.29) is 0 Å². The van der Waals surface area contributed by atoms with Crippen molar-refractivity contribution < 1.29 is 5.11 Å². The van der Waals surface area contributed by atoms with E-state index in [1.807, 2.05) is 12.1 Å². The van der Waals surface area contributed by atoms with Crippen LogP contribution in [0.1, 0.15) is 54.7 Å². The van der Waals surface area contributed by atoms with Crippen LogP contribution in [0.3, 0.4) is 0 Å². The number of phenols is 1. The first-order valence-electron chi connectivity index (χ1n) is 9.28. The lowest BCUT2D eigenvalue weighted by Crippen LogP contribution is -2.33. The van der Waals surface area contributed by atoms with Crippen LogP contribution in [-0.4, -0.2) is 17.7 Å². The maximum absolute atomic E-state index is 9.40. The third-order valence-electron chi connectivity index (χ3n) is 5.29. The zero-order chi connectivity index (χ0) is 16.8. The topological polar surface area (TPSA) is 32.3 Å². The molecule has 0 aliphatic heterocycles. The molecule has 1 fully saturated rings. The maximum atomic E-state index is 9.40. The number of hydrogen-bond donors (Lipinski definition) is 2.